The summed E-state index contributed by atoms with van der Waals surface area (Å²) in [5, 5.41) is 7.27. The second kappa shape index (κ2) is 9.44. The molecule has 0 fully saturated rings. The summed E-state index contributed by atoms with van der Waals surface area (Å²) in [4.78, 5) is 27.5. The van der Waals surface area contributed by atoms with Gasteiger partial charge in [-0.1, -0.05) is 0 Å². The van der Waals surface area contributed by atoms with E-state index in [1.165, 1.54) is 19.1 Å². The van der Waals surface area contributed by atoms with Crippen molar-refractivity contribution in [2.45, 2.75) is 38.7 Å². The van der Waals surface area contributed by atoms with E-state index in [0.717, 1.165) is 36.2 Å². The lowest BCUT2D eigenvalue weighted by atomic mass is 9.95. The van der Waals surface area contributed by atoms with Crippen LogP contribution in [0.2, 0.25) is 0 Å². The largest absolute Gasteiger partial charge is 0.448 e. The van der Waals surface area contributed by atoms with Crippen LogP contribution < -0.4 is 10.2 Å². The molecule has 1 amide bonds. The van der Waals surface area contributed by atoms with Crippen LogP contribution in [-0.4, -0.2) is 41.9 Å². The van der Waals surface area contributed by atoms with Gasteiger partial charge in [-0.15, -0.1) is 0 Å². The van der Waals surface area contributed by atoms with Crippen LogP contribution in [0.15, 0.2) is 48.5 Å². The van der Waals surface area contributed by atoms with Gasteiger partial charge in [0.05, 0.1) is 5.69 Å². The average Bonchev–Trinajstić information content (AvgIpc) is 3.20. The molecule has 0 bridgehead atoms. The number of benzene rings is 2. The van der Waals surface area contributed by atoms with Crippen molar-refractivity contribution in [3.63, 3.8) is 0 Å². The van der Waals surface area contributed by atoms with Gasteiger partial charge in [-0.3, -0.25) is 4.79 Å². The molecule has 1 N–H and O–H groups in total. The van der Waals surface area contributed by atoms with Gasteiger partial charge in [-0.25, -0.2) is 13.9 Å². The van der Waals surface area contributed by atoms with Gasteiger partial charge in [-0.05, 0) is 81.1 Å². The first-order valence-electron chi connectivity index (χ1n) is 11.0. The number of esters is 1. The molecule has 172 valence electrons. The molecule has 0 radical (unpaired) electrons. The quantitative estimate of drug-likeness (QED) is 0.571. The second-order valence-corrected chi connectivity index (χ2v) is 8.35. The van der Waals surface area contributed by atoms with Crippen LogP contribution in [0.25, 0.3) is 5.69 Å². The zero-order chi connectivity index (χ0) is 23.5. The third-order valence-electron chi connectivity index (χ3n) is 5.75. The Kier molecular flexibility index (Phi) is 6.44. The van der Waals surface area contributed by atoms with Crippen molar-refractivity contribution in [1.29, 1.82) is 0 Å². The first-order valence-corrected chi connectivity index (χ1v) is 11.0. The minimum atomic E-state index is -0.999. The highest BCUT2D eigenvalue weighted by Crippen LogP contribution is 2.28. The number of ether oxygens (including phenoxy) is 1. The predicted octanol–water partition coefficient (Wildman–Crippen LogP) is 4.14. The molecule has 1 aromatic heterocycles. The number of carbonyl (C=O) groups excluding carboxylic acids is 2. The molecule has 3 aromatic rings. The van der Waals surface area contributed by atoms with E-state index in [9.17, 15) is 14.0 Å². The fraction of sp³-hybridized carbons (Fsp3) is 0.320. The monoisotopic (exact) mass is 450 g/mol. The molecular weight excluding hydrogens is 423 g/mol. The summed E-state index contributed by atoms with van der Waals surface area (Å²) in [6.45, 7) is 1.53. The van der Waals surface area contributed by atoms with Gasteiger partial charge >= 0.3 is 5.97 Å². The normalized spacial score (nSPS) is 13.7. The van der Waals surface area contributed by atoms with Crippen LogP contribution in [0.4, 0.5) is 15.8 Å². The number of rotatable bonds is 6. The second-order valence-electron chi connectivity index (χ2n) is 8.35. The van der Waals surface area contributed by atoms with E-state index in [-0.39, 0.29) is 11.5 Å². The molecule has 1 atom stereocenters. The Morgan fingerprint density at radius 3 is 2.39 bits per heavy atom. The van der Waals surface area contributed by atoms with Crippen molar-refractivity contribution < 1.29 is 18.7 Å². The van der Waals surface area contributed by atoms with Gasteiger partial charge in [0.1, 0.15) is 5.82 Å². The van der Waals surface area contributed by atoms with Gasteiger partial charge in [-0.2, -0.15) is 5.10 Å². The highest BCUT2D eigenvalue weighted by Gasteiger charge is 2.29. The lowest BCUT2D eigenvalue weighted by Gasteiger charge is -2.16. The number of nitrogens with one attached hydrogen (secondary N) is 1. The maximum Gasteiger partial charge on any atom is 0.359 e. The molecule has 4 rings (SSSR count). The van der Waals surface area contributed by atoms with Crippen molar-refractivity contribution in [2.24, 2.45) is 0 Å². The average molecular weight is 451 g/mol. The lowest BCUT2D eigenvalue weighted by molar-refractivity contribution is -0.123. The van der Waals surface area contributed by atoms with Crippen LogP contribution in [0.1, 0.15) is 41.5 Å². The maximum atomic E-state index is 13.4. The van der Waals surface area contributed by atoms with Crippen LogP contribution >= 0.6 is 0 Å². The van der Waals surface area contributed by atoms with Crippen molar-refractivity contribution in [3.8, 4) is 5.69 Å². The summed E-state index contributed by atoms with van der Waals surface area (Å²) in [5.41, 5.74) is 4.28. The van der Waals surface area contributed by atoms with Crippen LogP contribution in [0, 0.1) is 5.82 Å². The van der Waals surface area contributed by atoms with E-state index in [1.807, 2.05) is 31.1 Å². The van der Waals surface area contributed by atoms with E-state index in [0.29, 0.717) is 17.8 Å². The van der Waals surface area contributed by atoms with Gasteiger partial charge in [0, 0.05) is 36.7 Å². The molecule has 0 saturated carbocycles. The zero-order valence-electron chi connectivity index (χ0n) is 19.0. The zero-order valence-corrected chi connectivity index (χ0v) is 19.0. The van der Waals surface area contributed by atoms with E-state index in [1.54, 1.807) is 28.9 Å². The van der Waals surface area contributed by atoms with E-state index < -0.39 is 18.0 Å². The first-order chi connectivity index (χ1) is 15.8. The van der Waals surface area contributed by atoms with Crippen molar-refractivity contribution >= 4 is 23.3 Å². The van der Waals surface area contributed by atoms with E-state index in [4.69, 9.17) is 4.74 Å². The lowest BCUT2D eigenvalue weighted by Crippen LogP contribution is -2.30. The molecule has 0 saturated heterocycles. The van der Waals surface area contributed by atoms with Gasteiger partial charge in [0.2, 0.25) is 0 Å². The Hall–Kier alpha value is -3.68. The first kappa shape index (κ1) is 22.5. The van der Waals surface area contributed by atoms with Crippen molar-refractivity contribution in [2.75, 3.05) is 24.3 Å². The minimum Gasteiger partial charge on any atom is -0.448 e. The molecule has 1 heterocycles. The fourth-order valence-electron chi connectivity index (χ4n) is 3.92. The number of hydrogen-bond donors (Lipinski definition) is 1. The van der Waals surface area contributed by atoms with Crippen LogP contribution in [-0.2, 0) is 22.4 Å². The minimum absolute atomic E-state index is 0.212. The summed E-state index contributed by atoms with van der Waals surface area (Å²) < 4.78 is 20.5. The van der Waals surface area contributed by atoms with Gasteiger partial charge in [0.15, 0.2) is 11.8 Å². The molecule has 0 spiro atoms. The maximum absolute atomic E-state index is 13.4. The molecule has 7 nitrogen and oxygen atoms in total. The SMILES string of the molecule is CC(OC(=O)c1nn(-c2ccc(F)cc2)c2c1CCCC2)C(=O)Nc1ccc(N(C)C)cc1. The summed E-state index contributed by atoms with van der Waals surface area (Å²) in [7, 11) is 3.87. The Bertz CT molecular complexity index is 1150. The number of fused-ring (bicyclic) bond motifs is 1. The summed E-state index contributed by atoms with van der Waals surface area (Å²) >= 11 is 0. The molecule has 2 aromatic carbocycles. The standard InChI is InChI=1S/C25H27FN4O3/c1-16(24(31)27-18-10-14-19(15-11-18)29(2)3)33-25(32)23-21-6-4-5-7-22(21)30(28-23)20-12-8-17(26)9-13-20/h8-16H,4-7H2,1-3H3,(H,27,31). The third kappa shape index (κ3) is 4.89. The highest BCUT2D eigenvalue weighted by molar-refractivity contribution is 5.97. The number of aromatic nitrogens is 2. The summed E-state index contributed by atoms with van der Waals surface area (Å²) in [5.74, 6) is -1.40. The Balaban J connectivity index is 1.49. The number of nitrogens with zero attached hydrogens (tertiary/aromatic N) is 3. The number of anilines is 2. The molecule has 33 heavy (non-hydrogen) atoms. The molecule has 0 aliphatic heterocycles. The molecule has 1 aliphatic carbocycles. The summed E-state index contributed by atoms with van der Waals surface area (Å²) in [6, 6.07) is 13.4. The molecular formula is C25H27FN4O3. The van der Waals surface area contributed by atoms with E-state index in [2.05, 4.69) is 10.4 Å². The number of hydrogen-bond acceptors (Lipinski definition) is 5. The van der Waals surface area contributed by atoms with E-state index >= 15 is 0 Å². The Morgan fingerprint density at radius 1 is 1.06 bits per heavy atom. The Labute approximate surface area is 192 Å². The molecule has 1 unspecified atom stereocenters. The van der Waals surface area contributed by atoms with Crippen LogP contribution in [0.5, 0.6) is 0 Å². The van der Waals surface area contributed by atoms with Crippen LogP contribution in [0.3, 0.4) is 0 Å². The Morgan fingerprint density at radius 2 is 1.73 bits per heavy atom. The molecule has 1 aliphatic rings. The summed E-state index contributed by atoms with van der Waals surface area (Å²) in [6.07, 6.45) is 2.41. The van der Waals surface area contributed by atoms with Gasteiger partial charge < -0.3 is 15.0 Å². The van der Waals surface area contributed by atoms with Gasteiger partial charge in [0.25, 0.3) is 5.91 Å². The number of halogens is 1. The molecule has 8 heteroatoms. The smallest absolute Gasteiger partial charge is 0.359 e. The third-order valence-corrected chi connectivity index (χ3v) is 5.75. The van der Waals surface area contributed by atoms with Crippen molar-refractivity contribution in [3.05, 3.63) is 71.3 Å². The number of amides is 1. The number of carbonyl (C=O) groups is 2. The van der Waals surface area contributed by atoms with Crippen molar-refractivity contribution in [1.82, 2.24) is 9.78 Å². The highest BCUT2D eigenvalue weighted by atomic mass is 19.1. The predicted molar refractivity (Wildman–Crippen MR) is 124 cm³/mol. The fourth-order valence-corrected chi connectivity index (χ4v) is 3.92. The topological polar surface area (TPSA) is 76.5 Å².